The van der Waals surface area contributed by atoms with Gasteiger partial charge in [-0.25, -0.2) is 0 Å². The molecule has 0 saturated carbocycles. The molecule has 0 spiro atoms. The number of ketones is 1. The smallest absolute Gasteiger partial charge is 0.300 e. The second kappa shape index (κ2) is 9.24. The number of aliphatic hydroxyl groups excluding tert-OH is 1. The summed E-state index contributed by atoms with van der Waals surface area (Å²) >= 11 is 1.45. The third kappa shape index (κ3) is 4.44. The summed E-state index contributed by atoms with van der Waals surface area (Å²) in [6.45, 7) is 8.60. The summed E-state index contributed by atoms with van der Waals surface area (Å²) in [6.07, 6.45) is 0. The number of rotatable bonds is 6. The lowest BCUT2D eigenvalue weighted by Crippen LogP contribution is -2.29. The van der Waals surface area contributed by atoms with E-state index in [2.05, 4.69) is 13.8 Å². The molecule has 1 saturated heterocycles. The van der Waals surface area contributed by atoms with Crippen molar-refractivity contribution in [2.45, 2.75) is 33.7 Å². The quantitative estimate of drug-likeness (QED) is 0.277. The Morgan fingerprint density at radius 1 is 1.09 bits per heavy atom. The number of benzene rings is 2. The molecule has 1 aromatic heterocycles. The fourth-order valence-corrected chi connectivity index (χ4v) is 4.71. The standard InChI is InChI=1S/C27H27NO4S/c1-16(2)15-32-21-12-9-19(14-18(21)4)25(29)23-24(22-6-5-13-33-22)28(27(31)26(23)30)20-10-7-17(3)8-11-20/h5-14,16,24,29H,15H2,1-4H3/b25-23-. The van der Waals surface area contributed by atoms with E-state index in [1.165, 1.54) is 16.2 Å². The molecule has 1 atom stereocenters. The van der Waals surface area contributed by atoms with Gasteiger partial charge in [-0.2, -0.15) is 0 Å². The Hall–Kier alpha value is -3.38. The van der Waals surface area contributed by atoms with Crippen LogP contribution in [0.1, 0.15) is 41.5 Å². The number of ether oxygens (including phenoxy) is 1. The molecular weight excluding hydrogens is 434 g/mol. The molecule has 2 heterocycles. The average Bonchev–Trinajstić information content (AvgIpc) is 3.40. The van der Waals surface area contributed by atoms with Crippen LogP contribution >= 0.6 is 11.3 Å². The van der Waals surface area contributed by atoms with E-state index in [4.69, 9.17) is 4.74 Å². The normalized spacial score (nSPS) is 17.7. The molecule has 2 aromatic carbocycles. The van der Waals surface area contributed by atoms with Crippen LogP contribution in [0.15, 0.2) is 65.6 Å². The molecule has 0 bridgehead atoms. The summed E-state index contributed by atoms with van der Waals surface area (Å²) in [5.74, 6) is -0.396. The second-order valence-corrected chi connectivity index (χ2v) is 9.68. The highest BCUT2D eigenvalue weighted by molar-refractivity contribution is 7.10. The van der Waals surface area contributed by atoms with Gasteiger partial charge in [-0.1, -0.05) is 37.6 Å². The molecule has 1 fully saturated rings. The number of Topliss-reactive ketones (excluding diaryl/α,β-unsaturated/α-hetero) is 1. The number of thiophene rings is 1. The molecule has 1 unspecified atom stereocenters. The molecule has 0 radical (unpaired) electrons. The van der Waals surface area contributed by atoms with Crippen LogP contribution in [-0.2, 0) is 9.59 Å². The van der Waals surface area contributed by atoms with Crippen LogP contribution in [0, 0.1) is 19.8 Å². The third-order valence-electron chi connectivity index (χ3n) is 5.59. The molecule has 6 heteroatoms. The van der Waals surface area contributed by atoms with E-state index in [0.29, 0.717) is 23.8 Å². The second-order valence-electron chi connectivity index (χ2n) is 8.71. The van der Waals surface area contributed by atoms with E-state index in [-0.39, 0.29) is 11.3 Å². The fraction of sp³-hybridized carbons (Fsp3) is 0.259. The van der Waals surface area contributed by atoms with Gasteiger partial charge in [0.15, 0.2) is 0 Å². The summed E-state index contributed by atoms with van der Waals surface area (Å²) in [4.78, 5) is 28.6. The number of aliphatic hydroxyl groups is 1. The van der Waals surface area contributed by atoms with Crippen molar-refractivity contribution in [3.05, 3.63) is 87.1 Å². The number of carbonyl (C=O) groups is 2. The van der Waals surface area contributed by atoms with Gasteiger partial charge in [0.1, 0.15) is 17.6 Å². The van der Waals surface area contributed by atoms with E-state index >= 15 is 0 Å². The van der Waals surface area contributed by atoms with Gasteiger partial charge in [0, 0.05) is 16.1 Å². The Bertz CT molecular complexity index is 1210. The molecule has 3 aromatic rings. The molecule has 1 amide bonds. The third-order valence-corrected chi connectivity index (χ3v) is 6.51. The van der Waals surface area contributed by atoms with Crippen LogP contribution in [0.4, 0.5) is 5.69 Å². The maximum Gasteiger partial charge on any atom is 0.300 e. The van der Waals surface area contributed by atoms with E-state index in [0.717, 1.165) is 21.8 Å². The van der Waals surface area contributed by atoms with Crippen molar-refractivity contribution < 1.29 is 19.4 Å². The zero-order chi connectivity index (χ0) is 23.7. The molecule has 5 nitrogen and oxygen atoms in total. The predicted molar refractivity (Wildman–Crippen MR) is 132 cm³/mol. The highest BCUT2D eigenvalue weighted by Crippen LogP contribution is 2.43. The van der Waals surface area contributed by atoms with Crippen LogP contribution in [-0.4, -0.2) is 23.4 Å². The lowest BCUT2D eigenvalue weighted by molar-refractivity contribution is -0.132. The van der Waals surface area contributed by atoms with Crippen LogP contribution in [0.3, 0.4) is 0 Å². The fourth-order valence-electron chi connectivity index (χ4n) is 3.89. The number of anilines is 1. The van der Waals surface area contributed by atoms with Crippen LogP contribution < -0.4 is 9.64 Å². The Morgan fingerprint density at radius 2 is 1.82 bits per heavy atom. The largest absolute Gasteiger partial charge is 0.507 e. The van der Waals surface area contributed by atoms with Gasteiger partial charge >= 0.3 is 0 Å². The van der Waals surface area contributed by atoms with Crippen LogP contribution in [0.5, 0.6) is 5.75 Å². The molecule has 1 aliphatic heterocycles. The topological polar surface area (TPSA) is 66.8 Å². The van der Waals surface area contributed by atoms with E-state index < -0.39 is 17.7 Å². The van der Waals surface area contributed by atoms with Crippen molar-refractivity contribution in [1.29, 1.82) is 0 Å². The minimum Gasteiger partial charge on any atom is -0.507 e. The monoisotopic (exact) mass is 461 g/mol. The van der Waals surface area contributed by atoms with Crippen molar-refractivity contribution in [1.82, 2.24) is 0 Å². The Morgan fingerprint density at radius 3 is 2.42 bits per heavy atom. The SMILES string of the molecule is Cc1ccc(N2C(=O)C(=O)/C(=C(\O)c3ccc(OCC(C)C)c(C)c3)C2c2cccs2)cc1. The lowest BCUT2D eigenvalue weighted by atomic mass is 9.98. The Labute approximate surface area is 197 Å². The summed E-state index contributed by atoms with van der Waals surface area (Å²) in [5, 5.41) is 13.2. The maximum absolute atomic E-state index is 13.2. The highest BCUT2D eigenvalue weighted by Gasteiger charge is 2.47. The van der Waals surface area contributed by atoms with E-state index in [9.17, 15) is 14.7 Å². The first-order chi connectivity index (χ1) is 15.8. The Kier molecular flexibility index (Phi) is 6.38. The van der Waals surface area contributed by atoms with Crippen molar-refractivity contribution in [2.75, 3.05) is 11.5 Å². The zero-order valence-electron chi connectivity index (χ0n) is 19.2. The number of amides is 1. The van der Waals surface area contributed by atoms with Gasteiger partial charge in [-0.3, -0.25) is 14.5 Å². The number of hydrogen-bond donors (Lipinski definition) is 1. The van der Waals surface area contributed by atoms with Gasteiger partial charge in [0.25, 0.3) is 11.7 Å². The molecule has 1 N–H and O–H groups in total. The summed E-state index contributed by atoms with van der Waals surface area (Å²) in [7, 11) is 0. The summed E-state index contributed by atoms with van der Waals surface area (Å²) in [6, 6.07) is 15.8. The van der Waals surface area contributed by atoms with Gasteiger partial charge in [0.05, 0.1) is 12.2 Å². The molecular formula is C27H27NO4S. The molecule has 0 aliphatic carbocycles. The Balaban J connectivity index is 1.80. The minimum atomic E-state index is -0.690. The summed E-state index contributed by atoms with van der Waals surface area (Å²) < 4.78 is 5.84. The number of hydrogen-bond acceptors (Lipinski definition) is 5. The van der Waals surface area contributed by atoms with Gasteiger partial charge in [-0.05, 0) is 67.1 Å². The van der Waals surface area contributed by atoms with Gasteiger partial charge < -0.3 is 9.84 Å². The number of aryl methyl sites for hydroxylation is 2. The van der Waals surface area contributed by atoms with Crippen molar-refractivity contribution in [3.63, 3.8) is 0 Å². The molecule has 1 aliphatic rings. The average molecular weight is 462 g/mol. The van der Waals surface area contributed by atoms with Crippen LogP contribution in [0.2, 0.25) is 0 Å². The highest BCUT2D eigenvalue weighted by atomic mass is 32.1. The summed E-state index contributed by atoms with van der Waals surface area (Å²) in [5.41, 5.74) is 3.10. The number of nitrogens with zero attached hydrogens (tertiary/aromatic N) is 1. The van der Waals surface area contributed by atoms with Gasteiger partial charge in [0.2, 0.25) is 0 Å². The first kappa shape index (κ1) is 22.8. The first-order valence-corrected chi connectivity index (χ1v) is 11.8. The van der Waals surface area contributed by atoms with Crippen molar-refractivity contribution >= 4 is 34.5 Å². The predicted octanol–water partition coefficient (Wildman–Crippen LogP) is 6.03. The minimum absolute atomic E-state index is 0.0956. The number of carbonyl (C=O) groups excluding carboxylic acids is 2. The van der Waals surface area contributed by atoms with Gasteiger partial charge in [-0.15, -0.1) is 11.3 Å². The lowest BCUT2D eigenvalue weighted by Gasteiger charge is -2.24. The molecule has 170 valence electrons. The molecule has 33 heavy (non-hydrogen) atoms. The first-order valence-electron chi connectivity index (χ1n) is 10.9. The van der Waals surface area contributed by atoms with Crippen LogP contribution in [0.25, 0.3) is 5.76 Å². The zero-order valence-corrected chi connectivity index (χ0v) is 20.0. The van der Waals surface area contributed by atoms with E-state index in [1.807, 2.05) is 55.6 Å². The van der Waals surface area contributed by atoms with Crippen molar-refractivity contribution in [2.24, 2.45) is 5.92 Å². The molecule has 4 rings (SSSR count). The van der Waals surface area contributed by atoms with Crippen molar-refractivity contribution in [3.8, 4) is 5.75 Å². The maximum atomic E-state index is 13.2. The van der Waals surface area contributed by atoms with E-state index in [1.54, 1.807) is 18.2 Å².